The molecule has 4 heterocycles. The Labute approximate surface area is 547 Å². The van der Waals surface area contributed by atoms with Crippen molar-refractivity contribution in [2.75, 3.05) is 13.1 Å². The highest BCUT2D eigenvalue weighted by molar-refractivity contribution is 5.80. The molecule has 14 aliphatic carbocycles. The van der Waals surface area contributed by atoms with Gasteiger partial charge in [0.25, 0.3) is 0 Å². The van der Waals surface area contributed by atoms with E-state index in [0.717, 1.165) is 126 Å². The van der Waals surface area contributed by atoms with Crippen molar-refractivity contribution in [2.45, 2.75) is 204 Å². The molecule has 0 saturated heterocycles. The highest BCUT2D eigenvalue weighted by atomic mass is 16.4. The van der Waals surface area contributed by atoms with Crippen LogP contribution in [-0.4, -0.2) is 51.7 Å². The summed E-state index contributed by atoms with van der Waals surface area (Å²) in [6.45, 7) is 1.53. The molecular weight excluding hydrogens is 1130 g/mol. The molecule has 4 aliphatic heterocycles. The lowest BCUT2D eigenvalue weighted by atomic mass is 9.29. The van der Waals surface area contributed by atoms with Crippen molar-refractivity contribution in [1.29, 1.82) is 0 Å². The summed E-state index contributed by atoms with van der Waals surface area (Å²) in [4.78, 5) is 15.0. The molecule has 18 bridgehead atoms. The third kappa shape index (κ3) is 8.41. The molecule has 18 aliphatic rings. The second kappa shape index (κ2) is 22.1. The van der Waals surface area contributed by atoms with E-state index in [-0.39, 0.29) is 51.8 Å². The quantitative estimate of drug-likeness (QED) is 0.0874. The minimum Gasteiger partial charge on any atom is -0.516 e. The number of fused-ring (bicyclic) bond motifs is 6. The van der Waals surface area contributed by atoms with E-state index < -0.39 is 40.3 Å². The summed E-state index contributed by atoms with van der Waals surface area (Å²) in [5, 5.41) is 61.6. The van der Waals surface area contributed by atoms with Crippen LogP contribution >= 0.6 is 0 Å². The number of aliphatic carboxylic acids is 1. The van der Waals surface area contributed by atoms with Crippen molar-refractivity contribution in [3.63, 3.8) is 0 Å². The van der Waals surface area contributed by atoms with Crippen LogP contribution in [0.25, 0.3) is 17.2 Å². The topological polar surface area (TPSA) is 122 Å². The minimum absolute atomic E-state index is 0.0164. The van der Waals surface area contributed by atoms with Gasteiger partial charge in [-0.15, -0.1) is 11.8 Å². The molecule has 0 aromatic heterocycles. The smallest absolute Gasteiger partial charge is 0.306 e. The highest BCUT2D eigenvalue weighted by Gasteiger charge is 2.80. The molecular formula is C85H100N2O5. The maximum Gasteiger partial charge on any atom is 0.306 e. The van der Waals surface area contributed by atoms with Gasteiger partial charge < -0.3 is 31.1 Å². The average molecular weight is 1230 g/mol. The number of benzene rings is 3. The van der Waals surface area contributed by atoms with E-state index in [9.17, 15) is 25.2 Å². The van der Waals surface area contributed by atoms with Crippen LogP contribution in [0, 0.1) is 104 Å². The molecule has 92 heavy (non-hydrogen) atoms. The number of aliphatic hydroxyl groups is 3. The lowest BCUT2D eigenvalue weighted by Gasteiger charge is -2.74. The number of carboxylic acid groups (broad SMARTS) is 1. The van der Waals surface area contributed by atoms with Crippen LogP contribution in [0.1, 0.15) is 208 Å². The van der Waals surface area contributed by atoms with E-state index in [1.54, 1.807) is 11.1 Å². The van der Waals surface area contributed by atoms with Crippen LogP contribution in [0.15, 0.2) is 144 Å². The molecule has 1 unspecified atom stereocenters. The van der Waals surface area contributed by atoms with E-state index in [1.165, 1.54) is 114 Å². The molecule has 6 N–H and O–H groups in total. The van der Waals surface area contributed by atoms with Crippen molar-refractivity contribution < 1.29 is 25.2 Å². The highest BCUT2D eigenvalue weighted by Crippen LogP contribution is 2.86. The van der Waals surface area contributed by atoms with E-state index >= 15 is 0 Å². The van der Waals surface area contributed by atoms with Gasteiger partial charge in [0, 0.05) is 65.3 Å². The van der Waals surface area contributed by atoms with Crippen molar-refractivity contribution in [1.82, 2.24) is 10.6 Å². The first-order valence-corrected chi connectivity index (χ1v) is 37.4. The van der Waals surface area contributed by atoms with Crippen molar-refractivity contribution >= 4 is 23.2 Å². The Morgan fingerprint density at radius 2 is 1.59 bits per heavy atom. The third-order valence-corrected chi connectivity index (χ3v) is 30.3. The number of dihydropyridines is 1. The largest absolute Gasteiger partial charge is 0.516 e. The molecule has 7 heteroatoms. The summed E-state index contributed by atoms with van der Waals surface area (Å²) in [5.74, 6) is 10.4. The Kier molecular flexibility index (Phi) is 14.1. The Morgan fingerprint density at radius 1 is 0.728 bits per heavy atom. The Balaban J connectivity index is 0.851. The van der Waals surface area contributed by atoms with Crippen LogP contribution in [0.3, 0.4) is 0 Å². The molecule has 3 aromatic rings. The Hall–Kier alpha value is -5.81. The maximum atomic E-state index is 15.0. The maximum absolute atomic E-state index is 15.0. The number of aliphatic hydroxyl groups excluding tert-OH is 3. The number of carbonyl (C=O) groups is 1. The standard InChI is InChI=1S/C85H100N2O5/c88-52-61-28-30-67(78(91)92)76-77(90)70-25-12-38-83(76)40-33-69-72(85(70,83)63-32-39-80(48-63)46-59-27-26-56(44-62(59)47-80)53-15-3-1-4-16-53)50-81-35-14-37-82-36-10-9-23-65(75-66-22-8-7-19-58(66)45-71(68(75)49-81)84(69,79(81)82)41-34-73(82)89)57-21-11-20-55(43-57)60-29-31-74(87-51-60)86-42-13-24-64(61)54-17-5-2-6-18-54/h1,3-4,7-8,11,14-16,19-22,29,31,35,43,45,49,52,54,56,59,62-65,67,70-71,73,76-77,79,86-90H,2,5-6,12-13,17-18,23-28,30,32-34,36-42,44,46-48,50-51H2,(H,91,92)/b61-52+/t56-,59+,62+,63-,64-,65-,67+,70+,71-,73-,76-,77+,79?,80+,81+,82+,83+,84+,85-/m0/s1. The van der Waals surface area contributed by atoms with Gasteiger partial charge in [-0.3, -0.25) is 4.79 Å². The van der Waals surface area contributed by atoms with Crippen LogP contribution in [-0.2, 0) is 4.79 Å². The van der Waals surface area contributed by atoms with Gasteiger partial charge in [0.05, 0.1) is 30.2 Å². The van der Waals surface area contributed by atoms with Crippen LogP contribution in [0.2, 0.25) is 0 Å². The first-order valence-electron chi connectivity index (χ1n) is 37.4. The van der Waals surface area contributed by atoms with Crippen LogP contribution in [0.4, 0.5) is 0 Å². The van der Waals surface area contributed by atoms with E-state index in [1.807, 2.05) is 0 Å². The number of hydrogen-bond acceptors (Lipinski definition) is 6. The Bertz CT molecular complexity index is 3890. The number of nitrogens with one attached hydrogen (secondary N) is 2. The second-order valence-electron chi connectivity index (χ2n) is 33.5. The minimum atomic E-state index is -0.744. The zero-order chi connectivity index (χ0) is 61.8. The number of allylic oxidation sites excluding steroid dienone is 9. The van der Waals surface area contributed by atoms with Gasteiger partial charge in [0.1, 0.15) is 0 Å². The Morgan fingerprint density at radius 3 is 2.45 bits per heavy atom. The van der Waals surface area contributed by atoms with Crippen molar-refractivity contribution in [3.05, 3.63) is 171 Å². The predicted octanol–water partition coefficient (Wildman–Crippen LogP) is 15.8. The van der Waals surface area contributed by atoms with Gasteiger partial charge in [-0.05, 0) is 255 Å². The van der Waals surface area contributed by atoms with Gasteiger partial charge in [-0.25, -0.2) is 0 Å². The molecule has 19 atom stereocenters. The monoisotopic (exact) mass is 1230 g/mol. The molecule has 0 radical (unpaired) electrons. The molecule has 7 nitrogen and oxygen atoms in total. The first-order chi connectivity index (χ1) is 45.0. The van der Waals surface area contributed by atoms with E-state index in [4.69, 9.17) is 0 Å². The molecule has 4 spiro atoms. The summed E-state index contributed by atoms with van der Waals surface area (Å²) in [5.41, 5.74) is 11.0. The summed E-state index contributed by atoms with van der Waals surface area (Å²) >= 11 is 0. The summed E-state index contributed by atoms with van der Waals surface area (Å²) in [6, 6.07) is 30.2. The average Bonchev–Trinajstić information content (AvgIpc) is 1.16. The summed E-state index contributed by atoms with van der Waals surface area (Å²) < 4.78 is 0. The summed E-state index contributed by atoms with van der Waals surface area (Å²) in [6.07, 6.45) is 44.1. The lowest BCUT2D eigenvalue weighted by molar-refractivity contribution is -0.174. The van der Waals surface area contributed by atoms with Gasteiger partial charge >= 0.3 is 5.97 Å². The fourth-order valence-corrected chi connectivity index (χ4v) is 27.5. The fourth-order valence-electron chi connectivity index (χ4n) is 27.5. The summed E-state index contributed by atoms with van der Waals surface area (Å²) in [7, 11) is 0. The van der Waals surface area contributed by atoms with Gasteiger partial charge in [0.2, 0.25) is 0 Å². The van der Waals surface area contributed by atoms with Gasteiger partial charge in [-0.1, -0.05) is 146 Å². The zero-order valence-corrected chi connectivity index (χ0v) is 54.5. The number of carboxylic acids is 1. The number of rotatable bonds is 4. The SMILES string of the molecule is O=C(O)[C@@H]1CC/C(=C\O)[C@H](C2CCCCC2)CCCNC2=CC=C(CN2)c2cccc(c2)[C@@H]2CC#CC[C@@]34CC=C[C@@]56C=C7C2=c2ccccc2=C[C@@H]7[C@@](CC[C@@H]3O)(C2=C(C5)[C@]3([C@H]5CC[C@]7(C[C@H]8CC[C@H](c9ccccc9)C[C@@H]8C7)C5)[C@@H]5CCC[C@@]3(CC2)[C@@H]1[C@@H]5O)C64. The van der Waals surface area contributed by atoms with Crippen molar-refractivity contribution in [2.24, 2.45) is 91.7 Å². The molecule has 0 amide bonds. The van der Waals surface area contributed by atoms with Crippen LogP contribution in [0.5, 0.6) is 0 Å². The van der Waals surface area contributed by atoms with Crippen molar-refractivity contribution in [3.8, 4) is 11.8 Å². The third-order valence-electron chi connectivity index (χ3n) is 30.3. The predicted molar refractivity (Wildman–Crippen MR) is 365 cm³/mol. The van der Waals surface area contributed by atoms with Gasteiger partial charge in [-0.2, -0.15) is 0 Å². The molecule has 480 valence electrons. The number of hydrogen-bond donors (Lipinski definition) is 6. The molecule has 21 rings (SSSR count). The second-order valence-corrected chi connectivity index (χ2v) is 33.5. The van der Waals surface area contributed by atoms with Gasteiger partial charge in [0.15, 0.2) is 0 Å². The first kappa shape index (κ1) is 58.7. The zero-order valence-electron chi connectivity index (χ0n) is 54.5. The molecule has 7 saturated carbocycles. The normalized spacial score (nSPS) is 43.5. The molecule has 3 aromatic carbocycles. The van der Waals surface area contributed by atoms with Crippen LogP contribution < -0.4 is 21.1 Å². The van der Waals surface area contributed by atoms with E-state index in [0.29, 0.717) is 43.4 Å². The fraction of sp³-hybridized carbons (Fsp3) is 0.588. The lowest BCUT2D eigenvalue weighted by Crippen LogP contribution is -2.69. The molecule has 7 fully saturated rings. The van der Waals surface area contributed by atoms with E-state index in [2.05, 4.69) is 138 Å².